The molecule has 0 atom stereocenters. The van der Waals surface area contributed by atoms with Gasteiger partial charge in [0.2, 0.25) is 0 Å². The van der Waals surface area contributed by atoms with Gasteiger partial charge in [-0.25, -0.2) is 4.79 Å². The maximum atomic E-state index is 12.4. The van der Waals surface area contributed by atoms with Gasteiger partial charge < -0.3 is 14.8 Å². The molecule has 0 unspecified atom stereocenters. The maximum absolute atomic E-state index is 12.4. The van der Waals surface area contributed by atoms with Crippen molar-refractivity contribution in [2.24, 2.45) is 0 Å². The predicted octanol–water partition coefficient (Wildman–Crippen LogP) is 4.13. The maximum Gasteiger partial charge on any atom is 0.342 e. The number of hydrogen-bond acceptors (Lipinski definition) is 4. The summed E-state index contributed by atoms with van der Waals surface area (Å²) in [5, 5.41) is 3.54. The SMILES string of the molecule is O=C(COC(=O)c1ccccc1OCc1ccc(Cl)cc1)NC1CCCC1. The van der Waals surface area contributed by atoms with E-state index in [9.17, 15) is 9.59 Å². The molecule has 0 radical (unpaired) electrons. The van der Waals surface area contributed by atoms with Gasteiger partial charge in [0.05, 0.1) is 0 Å². The van der Waals surface area contributed by atoms with Crippen LogP contribution in [0.5, 0.6) is 5.75 Å². The molecule has 0 spiro atoms. The minimum absolute atomic E-state index is 0.200. The minimum atomic E-state index is -0.580. The molecule has 2 aromatic carbocycles. The molecule has 0 heterocycles. The summed E-state index contributed by atoms with van der Waals surface area (Å²) in [7, 11) is 0. The zero-order chi connectivity index (χ0) is 19.1. The quantitative estimate of drug-likeness (QED) is 0.725. The lowest BCUT2D eigenvalue weighted by Gasteiger charge is -2.13. The van der Waals surface area contributed by atoms with Crippen molar-refractivity contribution in [2.45, 2.75) is 38.3 Å². The summed E-state index contributed by atoms with van der Waals surface area (Å²) < 4.78 is 10.9. The molecule has 6 heteroatoms. The van der Waals surface area contributed by atoms with Crippen molar-refractivity contribution >= 4 is 23.5 Å². The number of rotatable bonds is 7. The zero-order valence-corrected chi connectivity index (χ0v) is 15.7. The van der Waals surface area contributed by atoms with Crippen LogP contribution in [0.4, 0.5) is 0 Å². The lowest BCUT2D eigenvalue weighted by atomic mass is 10.2. The molecule has 0 aromatic heterocycles. The first-order valence-electron chi connectivity index (χ1n) is 9.04. The smallest absolute Gasteiger partial charge is 0.342 e. The fourth-order valence-corrected chi connectivity index (χ4v) is 3.18. The Bertz CT molecular complexity index is 785. The number of ether oxygens (including phenoxy) is 2. The Hall–Kier alpha value is -2.53. The van der Waals surface area contributed by atoms with E-state index in [1.165, 1.54) is 0 Å². The number of esters is 1. The molecule has 1 aliphatic rings. The lowest BCUT2D eigenvalue weighted by Crippen LogP contribution is -2.35. The molecule has 0 aliphatic heterocycles. The van der Waals surface area contributed by atoms with Gasteiger partial charge in [0.25, 0.3) is 5.91 Å². The van der Waals surface area contributed by atoms with E-state index in [0.717, 1.165) is 31.2 Å². The van der Waals surface area contributed by atoms with Crippen LogP contribution in [-0.2, 0) is 16.1 Å². The molecule has 27 heavy (non-hydrogen) atoms. The van der Waals surface area contributed by atoms with E-state index in [1.54, 1.807) is 36.4 Å². The van der Waals surface area contributed by atoms with E-state index in [-0.39, 0.29) is 18.6 Å². The third-order valence-electron chi connectivity index (χ3n) is 4.47. The highest BCUT2D eigenvalue weighted by Crippen LogP contribution is 2.21. The Kier molecular flexibility index (Phi) is 6.71. The molecule has 0 bridgehead atoms. The van der Waals surface area contributed by atoms with Crippen molar-refractivity contribution in [3.8, 4) is 5.75 Å². The molecule has 1 saturated carbocycles. The molecule has 2 aromatic rings. The largest absolute Gasteiger partial charge is 0.488 e. The third kappa shape index (κ3) is 5.73. The van der Waals surface area contributed by atoms with E-state index in [0.29, 0.717) is 22.9 Å². The van der Waals surface area contributed by atoms with Crippen LogP contribution in [0.1, 0.15) is 41.6 Å². The number of carbonyl (C=O) groups excluding carboxylic acids is 2. The molecule has 1 fully saturated rings. The van der Waals surface area contributed by atoms with Crippen molar-refractivity contribution in [2.75, 3.05) is 6.61 Å². The Labute approximate surface area is 163 Å². The molecular weight excluding hydrogens is 366 g/mol. The standard InChI is InChI=1S/C21H22ClNO4/c22-16-11-9-15(10-12-16)13-26-19-8-4-3-7-18(19)21(25)27-14-20(24)23-17-5-1-2-6-17/h3-4,7-12,17H,1-2,5-6,13-14H2,(H,23,24). The summed E-state index contributed by atoms with van der Waals surface area (Å²) in [5.74, 6) is -0.438. The van der Waals surface area contributed by atoms with Crippen LogP contribution in [0.3, 0.4) is 0 Å². The number of carbonyl (C=O) groups is 2. The molecule has 1 amide bonds. The molecule has 142 valence electrons. The monoisotopic (exact) mass is 387 g/mol. The fraction of sp³-hybridized carbons (Fsp3) is 0.333. The number of hydrogen-bond donors (Lipinski definition) is 1. The zero-order valence-electron chi connectivity index (χ0n) is 14.9. The first kappa shape index (κ1) is 19.2. The van der Waals surface area contributed by atoms with Gasteiger partial charge in [0, 0.05) is 11.1 Å². The van der Waals surface area contributed by atoms with Crippen LogP contribution in [0.25, 0.3) is 0 Å². The summed E-state index contributed by atoms with van der Waals surface area (Å²) in [6, 6.07) is 14.3. The number of benzene rings is 2. The number of halogens is 1. The number of para-hydroxylation sites is 1. The van der Waals surface area contributed by atoms with E-state index < -0.39 is 5.97 Å². The van der Waals surface area contributed by atoms with Crippen LogP contribution in [-0.4, -0.2) is 24.5 Å². The van der Waals surface area contributed by atoms with Crippen LogP contribution < -0.4 is 10.1 Å². The lowest BCUT2D eigenvalue weighted by molar-refractivity contribution is -0.124. The van der Waals surface area contributed by atoms with Gasteiger partial charge in [0.1, 0.15) is 17.9 Å². The van der Waals surface area contributed by atoms with Crippen molar-refractivity contribution in [1.29, 1.82) is 0 Å². The summed E-state index contributed by atoms with van der Waals surface area (Å²) >= 11 is 5.87. The second-order valence-electron chi connectivity index (χ2n) is 6.54. The van der Waals surface area contributed by atoms with Gasteiger partial charge in [-0.1, -0.05) is 48.7 Å². The minimum Gasteiger partial charge on any atom is -0.488 e. The van der Waals surface area contributed by atoms with Gasteiger partial charge in [0.15, 0.2) is 6.61 Å². The Morgan fingerprint density at radius 3 is 2.48 bits per heavy atom. The third-order valence-corrected chi connectivity index (χ3v) is 4.72. The van der Waals surface area contributed by atoms with Crippen molar-refractivity contribution < 1.29 is 19.1 Å². The molecule has 1 N–H and O–H groups in total. The van der Waals surface area contributed by atoms with Gasteiger partial charge in [-0.05, 0) is 42.7 Å². The van der Waals surface area contributed by atoms with Crippen LogP contribution in [0, 0.1) is 0 Å². The van der Waals surface area contributed by atoms with Crippen molar-refractivity contribution in [3.05, 3.63) is 64.7 Å². The molecule has 3 rings (SSSR count). The average molecular weight is 388 g/mol. The first-order valence-corrected chi connectivity index (χ1v) is 9.42. The van der Waals surface area contributed by atoms with Crippen LogP contribution in [0.15, 0.2) is 48.5 Å². The second kappa shape index (κ2) is 9.42. The summed E-state index contributed by atoms with van der Waals surface area (Å²) in [6.07, 6.45) is 4.23. The molecular formula is C21H22ClNO4. The van der Waals surface area contributed by atoms with Gasteiger partial charge in [-0.2, -0.15) is 0 Å². The highest BCUT2D eigenvalue weighted by Gasteiger charge is 2.19. The topological polar surface area (TPSA) is 64.6 Å². The van der Waals surface area contributed by atoms with Crippen molar-refractivity contribution in [1.82, 2.24) is 5.32 Å². The molecule has 1 aliphatic carbocycles. The Balaban J connectivity index is 1.54. The van der Waals surface area contributed by atoms with E-state index in [1.807, 2.05) is 12.1 Å². The van der Waals surface area contributed by atoms with Gasteiger partial charge in [-0.15, -0.1) is 0 Å². The van der Waals surface area contributed by atoms with Gasteiger partial charge in [-0.3, -0.25) is 4.79 Å². The predicted molar refractivity (Wildman–Crippen MR) is 103 cm³/mol. The highest BCUT2D eigenvalue weighted by molar-refractivity contribution is 6.30. The van der Waals surface area contributed by atoms with E-state index in [2.05, 4.69) is 5.32 Å². The highest BCUT2D eigenvalue weighted by atomic mass is 35.5. The Morgan fingerprint density at radius 2 is 1.74 bits per heavy atom. The Morgan fingerprint density at radius 1 is 1.04 bits per heavy atom. The summed E-state index contributed by atoms with van der Waals surface area (Å²) in [5.41, 5.74) is 1.22. The van der Waals surface area contributed by atoms with Crippen LogP contribution in [0.2, 0.25) is 5.02 Å². The summed E-state index contributed by atoms with van der Waals surface area (Å²) in [6.45, 7) is 0.00444. The van der Waals surface area contributed by atoms with E-state index >= 15 is 0 Å². The molecule has 5 nitrogen and oxygen atoms in total. The number of nitrogens with one attached hydrogen (secondary N) is 1. The molecule has 0 saturated heterocycles. The van der Waals surface area contributed by atoms with E-state index in [4.69, 9.17) is 21.1 Å². The van der Waals surface area contributed by atoms with Crippen LogP contribution >= 0.6 is 11.6 Å². The summed E-state index contributed by atoms with van der Waals surface area (Å²) in [4.78, 5) is 24.3. The normalized spacial score (nSPS) is 14.0. The number of amides is 1. The van der Waals surface area contributed by atoms with Crippen molar-refractivity contribution in [3.63, 3.8) is 0 Å². The van der Waals surface area contributed by atoms with Gasteiger partial charge >= 0.3 is 5.97 Å². The average Bonchev–Trinajstić information content (AvgIpc) is 3.19. The first-order chi connectivity index (χ1) is 13.1. The fourth-order valence-electron chi connectivity index (χ4n) is 3.05. The second-order valence-corrected chi connectivity index (χ2v) is 6.97.